The fourth-order valence-electron chi connectivity index (χ4n) is 5.86. The van der Waals surface area contributed by atoms with E-state index in [1.54, 1.807) is 47.6 Å². The molecule has 2 aromatic carbocycles. The van der Waals surface area contributed by atoms with Gasteiger partial charge in [0.1, 0.15) is 23.0 Å². The van der Waals surface area contributed by atoms with Gasteiger partial charge in [0.25, 0.3) is 10.0 Å². The first-order chi connectivity index (χ1) is 23.2. The van der Waals surface area contributed by atoms with Crippen LogP contribution in [0.15, 0.2) is 29.2 Å². The Morgan fingerprint density at radius 2 is 1.74 bits per heavy atom. The van der Waals surface area contributed by atoms with E-state index in [9.17, 15) is 22.8 Å². The van der Waals surface area contributed by atoms with Gasteiger partial charge in [-0.25, -0.2) is 22.9 Å². The largest absolute Gasteiger partial charge is 0.487 e. The zero-order valence-electron chi connectivity index (χ0n) is 30.1. The highest BCUT2D eigenvalue weighted by atomic mass is 32.2. The Morgan fingerprint density at radius 1 is 1.06 bits per heavy atom. The molecule has 0 radical (unpaired) electrons. The first-order valence-corrected chi connectivity index (χ1v) is 18.9. The van der Waals surface area contributed by atoms with E-state index >= 15 is 0 Å². The van der Waals surface area contributed by atoms with Gasteiger partial charge >= 0.3 is 6.09 Å². The molecule has 5 N–H and O–H groups in total. The van der Waals surface area contributed by atoms with E-state index in [2.05, 4.69) is 25.7 Å². The van der Waals surface area contributed by atoms with Gasteiger partial charge in [-0.05, 0) is 103 Å². The predicted octanol–water partition coefficient (Wildman–Crippen LogP) is 5.19. The molecule has 2 heterocycles. The monoisotopic (exact) mass is 728 g/mol. The Labute approximate surface area is 297 Å². The molecule has 2 amide bonds. The summed E-state index contributed by atoms with van der Waals surface area (Å²) in [5.74, 6) is -0.669. The van der Waals surface area contributed by atoms with Gasteiger partial charge in [-0.1, -0.05) is 19.1 Å². The zero-order chi connectivity index (χ0) is 37.2. The normalized spacial score (nSPS) is 15.0. The highest BCUT2D eigenvalue weighted by Crippen LogP contribution is 2.43. The molecule has 1 aromatic heterocycles. The number of nitrogens with zero attached hydrogens (tertiary/aromatic N) is 1. The Bertz CT molecular complexity index is 1880. The Kier molecular flexibility index (Phi) is 11.5. The number of ether oxygens (including phenoxy) is 2. The summed E-state index contributed by atoms with van der Waals surface area (Å²) in [4.78, 5) is 44.0. The van der Waals surface area contributed by atoms with Crippen LogP contribution in [0.4, 0.5) is 4.79 Å². The average molecular weight is 729 g/mol. The van der Waals surface area contributed by atoms with Crippen molar-refractivity contribution >= 4 is 55.3 Å². The lowest BCUT2D eigenvalue weighted by Crippen LogP contribution is -2.52. The number of rotatable bonds is 12. The number of nitrogens with one attached hydrogen (secondary N) is 5. The van der Waals surface area contributed by atoms with Crippen LogP contribution in [0, 0.1) is 26.2 Å². The number of thiazole rings is 1. The standard InChI is InChI=1S/C35H48N6O7S2/c1-10-23(40-33(44)48-34(5,6)7)30(43)38-25(27(42)31-39-24-14-11-12-16-26(24)49-31)15-13-17-37-32(36)41-50(45,46)29-20(3)19(2)28-22(21(29)4)18-35(8,9)47-28/h11-12,14,16,23,25H,10,13,15,17-18H2,1-9H3,(H,38,43)(H,40,44)(H3,36,37,41). The molecular formula is C35H48N6O7S2. The van der Waals surface area contributed by atoms with Crippen LogP contribution >= 0.6 is 11.3 Å². The maximum absolute atomic E-state index is 13.7. The molecule has 2 unspecified atom stereocenters. The highest BCUT2D eigenvalue weighted by Gasteiger charge is 2.37. The van der Waals surface area contributed by atoms with Gasteiger partial charge in [0.2, 0.25) is 17.6 Å². The molecule has 2 atom stereocenters. The van der Waals surface area contributed by atoms with Crippen molar-refractivity contribution in [3.05, 3.63) is 51.5 Å². The summed E-state index contributed by atoms with van der Waals surface area (Å²) < 4.78 is 41.7. The summed E-state index contributed by atoms with van der Waals surface area (Å²) >= 11 is 1.21. The molecule has 4 rings (SSSR count). The number of hydrogen-bond donors (Lipinski definition) is 5. The molecule has 50 heavy (non-hydrogen) atoms. The van der Waals surface area contributed by atoms with Crippen LogP contribution in [0.25, 0.3) is 10.2 Å². The fourth-order valence-corrected chi connectivity index (χ4v) is 8.34. The number of sulfonamides is 1. The number of benzene rings is 2. The maximum Gasteiger partial charge on any atom is 0.408 e. The third-order valence-corrected chi connectivity index (χ3v) is 11.0. The second-order valence-corrected chi connectivity index (χ2v) is 16.8. The van der Waals surface area contributed by atoms with Gasteiger partial charge in [-0.3, -0.25) is 15.0 Å². The van der Waals surface area contributed by atoms with Crippen LogP contribution < -0.4 is 25.4 Å². The van der Waals surface area contributed by atoms with E-state index in [-0.39, 0.29) is 35.7 Å². The first-order valence-electron chi connectivity index (χ1n) is 16.6. The van der Waals surface area contributed by atoms with Crippen LogP contribution in [0.5, 0.6) is 5.75 Å². The topological polar surface area (TPSA) is 189 Å². The van der Waals surface area contributed by atoms with Crippen LogP contribution in [0.1, 0.15) is 92.9 Å². The third kappa shape index (κ3) is 9.10. The Balaban J connectivity index is 1.44. The summed E-state index contributed by atoms with van der Waals surface area (Å²) in [7, 11) is -4.12. The molecule has 3 aromatic rings. The van der Waals surface area contributed by atoms with Gasteiger partial charge < -0.3 is 25.4 Å². The molecule has 0 aliphatic carbocycles. The lowest BCUT2D eigenvalue weighted by Gasteiger charge is -2.24. The number of amides is 2. The molecule has 13 nitrogen and oxygen atoms in total. The van der Waals surface area contributed by atoms with Crippen molar-refractivity contribution < 1.29 is 32.3 Å². The number of carbonyl (C=O) groups is 3. The van der Waals surface area contributed by atoms with Crippen LogP contribution in [-0.2, 0) is 26.0 Å². The van der Waals surface area contributed by atoms with E-state index in [0.717, 1.165) is 15.8 Å². The number of fused-ring (bicyclic) bond motifs is 2. The molecule has 0 saturated carbocycles. The van der Waals surface area contributed by atoms with E-state index in [1.807, 2.05) is 39.0 Å². The number of alkyl carbamates (subject to hydrolysis) is 1. The number of para-hydroxylation sites is 1. The number of carbonyl (C=O) groups excluding carboxylic acids is 3. The van der Waals surface area contributed by atoms with Crippen molar-refractivity contribution in [1.29, 1.82) is 5.41 Å². The molecule has 15 heteroatoms. The van der Waals surface area contributed by atoms with Gasteiger partial charge in [-0.2, -0.15) is 0 Å². The molecule has 0 spiro atoms. The van der Waals surface area contributed by atoms with E-state index < -0.39 is 57.1 Å². The van der Waals surface area contributed by atoms with Gasteiger partial charge in [0.05, 0.1) is 21.2 Å². The third-order valence-electron chi connectivity index (χ3n) is 8.32. The highest BCUT2D eigenvalue weighted by molar-refractivity contribution is 7.90. The zero-order valence-corrected chi connectivity index (χ0v) is 31.8. The van der Waals surface area contributed by atoms with Crippen molar-refractivity contribution in [1.82, 2.24) is 25.7 Å². The smallest absolute Gasteiger partial charge is 0.408 e. The van der Waals surface area contributed by atoms with Crippen molar-refractivity contribution in [2.75, 3.05) is 6.54 Å². The molecule has 0 bridgehead atoms. The van der Waals surface area contributed by atoms with Crippen molar-refractivity contribution in [2.45, 2.75) is 116 Å². The second kappa shape index (κ2) is 14.9. The number of Topliss-reactive ketones (excluding diaryl/α,β-unsaturated/α-hetero) is 1. The summed E-state index contributed by atoms with van der Waals surface area (Å²) in [6, 6.07) is 5.36. The first kappa shape index (κ1) is 38.6. The Morgan fingerprint density at radius 3 is 2.38 bits per heavy atom. The molecule has 272 valence electrons. The SMILES string of the molecule is CCC(NC(=O)OC(C)(C)C)C(=O)NC(CCCNC(=N)NS(=O)(=O)c1c(C)c(C)c2c(c1C)CC(C)(C)O2)C(=O)c1nc2ccccc2s1. The van der Waals surface area contributed by atoms with Crippen molar-refractivity contribution in [3.8, 4) is 5.75 Å². The summed E-state index contributed by atoms with van der Waals surface area (Å²) in [5, 5.41) is 16.7. The lowest BCUT2D eigenvalue weighted by molar-refractivity contribution is -0.123. The molecule has 1 aliphatic rings. The minimum absolute atomic E-state index is 0.122. The van der Waals surface area contributed by atoms with Crippen LogP contribution in [0.2, 0.25) is 0 Å². The number of aromatic nitrogens is 1. The molecular weight excluding hydrogens is 681 g/mol. The maximum atomic E-state index is 13.7. The van der Waals surface area contributed by atoms with Gasteiger partial charge in [-0.15, -0.1) is 11.3 Å². The second-order valence-electron chi connectivity index (χ2n) is 14.1. The minimum Gasteiger partial charge on any atom is -0.487 e. The lowest BCUT2D eigenvalue weighted by atomic mass is 9.94. The molecule has 1 aliphatic heterocycles. The average Bonchev–Trinajstić information content (AvgIpc) is 3.59. The van der Waals surface area contributed by atoms with E-state index in [0.29, 0.717) is 28.8 Å². The predicted molar refractivity (Wildman–Crippen MR) is 194 cm³/mol. The minimum atomic E-state index is -4.12. The van der Waals surface area contributed by atoms with E-state index in [1.165, 1.54) is 11.3 Å². The van der Waals surface area contributed by atoms with Crippen molar-refractivity contribution in [2.24, 2.45) is 0 Å². The van der Waals surface area contributed by atoms with Crippen LogP contribution in [0.3, 0.4) is 0 Å². The number of hydrogen-bond acceptors (Lipinski definition) is 10. The van der Waals surface area contributed by atoms with Gasteiger partial charge in [0.15, 0.2) is 5.01 Å². The number of ketones is 1. The number of guanidine groups is 1. The summed E-state index contributed by atoms with van der Waals surface area (Å²) in [5.41, 5.74) is 2.18. The fraction of sp³-hybridized carbons (Fsp3) is 0.514. The summed E-state index contributed by atoms with van der Waals surface area (Å²) in [6.07, 6.45) is 0.492. The van der Waals surface area contributed by atoms with Crippen molar-refractivity contribution in [3.63, 3.8) is 0 Å². The van der Waals surface area contributed by atoms with Crippen LogP contribution in [-0.4, -0.2) is 67.0 Å². The summed E-state index contributed by atoms with van der Waals surface area (Å²) in [6.45, 7) is 16.2. The molecule has 0 saturated heterocycles. The Hall–Kier alpha value is -4.24. The van der Waals surface area contributed by atoms with Gasteiger partial charge in [0, 0.05) is 18.5 Å². The van der Waals surface area contributed by atoms with E-state index in [4.69, 9.17) is 14.9 Å². The molecule has 0 fully saturated rings. The quantitative estimate of drug-likeness (QED) is 0.0724.